The lowest BCUT2D eigenvalue weighted by Crippen LogP contribution is -2.66. The summed E-state index contributed by atoms with van der Waals surface area (Å²) in [5.74, 6) is -0.796. The molecule has 0 aliphatic carbocycles. The molecule has 0 aromatic heterocycles. The summed E-state index contributed by atoms with van der Waals surface area (Å²) >= 11 is 0. The molecule has 20 heteroatoms. The third-order valence-electron chi connectivity index (χ3n) is 11.4. The van der Waals surface area contributed by atoms with E-state index < -0.39 is 135 Å². The number of aliphatic hydroxyl groups excluding tert-OH is 10. The lowest BCUT2D eigenvalue weighted by Gasteiger charge is -2.49. The molecule has 4 rings (SSSR count). The van der Waals surface area contributed by atoms with Gasteiger partial charge >= 0.3 is 5.97 Å². The largest absolute Gasteiger partial charge is 0.481 e. The average Bonchev–Trinajstić information content (AvgIpc) is 3.18. The summed E-state index contributed by atoms with van der Waals surface area (Å²) < 4.78 is 47.4. The molecule has 0 bridgehead atoms. The molecule has 4 fully saturated rings. The fraction of sp³-hybridized carbons (Fsp3) is 0.974. The molecule has 0 saturated carbocycles. The van der Waals surface area contributed by atoms with Crippen molar-refractivity contribution in [1.29, 1.82) is 0 Å². The Labute approximate surface area is 338 Å². The van der Waals surface area contributed by atoms with E-state index in [0.29, 0.717) is 19.3 Å². The highest BCUT2D eigenvalue weighted by atomic mass is 16.8. The summed E-state index contributed by atoms with van der Waals surface area (Å²) in [4.78, 5) is 10.7. The number of carboxylic acids is 1. The molecule has 4 heterocycles. The topological polar surface area (TPSA) is 313 Å². The van der Waals surface area contributed by atoms with Crippen molar-refractivity contribution in [1.82, 2.24) is 0 Å². The highest BCUT2D eigenvalue weighted by Gasteiger charge is 2.54. The van der Waals surface area contributed by atoms with Gasteiger partial charge in [-0.2, -0.15) is 0 Å². The maximum Gasteiger partial charge on any atom is 0.303 e. The van der Waals surface area contributed by atoms with Crippen LogP contribution in [0.1, 0.15) is 98.3 Å². The number of carboxylic acid groups (broad SMARTS) is 1. The molecule has 0 radical (unpaired) electrons. The van der Waals surface area contributed by atoms with Crippen molar-refractivity contribution in [3.63, 3.8) is 0 Å². The minimum absolute atomic E-state index is 0.164. The van der Waals surface area contributed by atoms with Crippen LogP contribution in [-0.2, 0) is 42.7 Å². The molecule has 0 amide bonds. The highest BCUT2D eigenvalue weighted by molar-refractivity contribution is 5.66. The van der Waals surface area contributed by atoms with Crippen molar-refractivity contribution in [2.24, 2.45) is 0 Å². The van der Waals surface area contributed by atoms with Gasteiger partial charge in [-0.1, -0.05) is 51.9 Å². The van der Waals surface area contributed by atoms with Crippen LogP contribution in [0.15, 0.2) is 0 Å². The Morgan fingerprint density at radius 1 is 0.517 bits per heavy atom. The quantitative estimate of drug-likeness (QED) is 0.0564. The Morgan fingerprint density at radius 3 is 1.57 bits per heavy atom. The molecule has 58 heavy (non-hydrogen) atoms. The zero-order valence-electron chi connectivity index (χ0n) is 33.7. The van der Waals surface area contributed by atoms with Crippen molar-refractivity contribution in [2.75, 3.05) is 6.61 Å². The van der Waals surface area contributed by atoms with E-state index in [-0.39, 0.29) is 12.5 Å². The van der Waals surface area contributed by atoms with Crippen LogP contribution in [0, 0.1) is 0 Å². The number of hydrogen-bond donors (Lipinski definition) is 11. The zero-order valence-corrected chi connectivity index (χ0v) is 33.7. The van der Waals surface area contributed by atoms with E-state index in [1.807, 2.05) is 6.92 Å². The molecule has 4 aliphatic rings. The summed E-state index contributed by atoms with van der Waals surface area (Å²) in [5.41, 5.74) is 0. The molecule has 4 aliphatic heterocycles. The van der Waals surface area contributed by atoms with Crippen LogP contribution in [0.5, 0.6) is 0 Å². The first kappa shape index (κ1) is 49.4. The summed E-state index contributed by atoms with van der Waals surface area (Å²) in [6.45, 7) is 5.80. The second-order valence-corrected chi connectivity index (χ2v) is 16.1. The third kappa shape index (κ3) is 12.9. The minimum Gasteiger partial charge on any atom is -0.481 e. The van der Waals surface area contributed by atoms with Crippen LogP contribution < -0.4 is 0 Å². The van der Waals surface area contributed by atoms with Gasteiger partial charge in [0, 0.05) is 6.42 Å². The van der Waals surface area contributed by atoms with E-state index in [1.54, 1.807) is 6.92 Å². The van der Waals surface area contributed by atoms with Gasteiger partial charge < -0.3 is 94.1 Å². The van der Waals surface area contributed by atoms with E-state index in [2.05, 4.69) is 0 Å². The van der Waals surface area contributed by atoms with Crippen LogP contribution in [0.4, 0.5) is 0 Å². The molecular weight excluding hydrogens is 776 g/mol. The Kier molecular flexibility index (Phi) is 19.8. The van der Waals surface area contributed by atoms with Crippen LogP contribution in [0.2, 0.25) is 0 Å². The fourth-order valence-electron chi connectivity index (χ4n) is 7.65. The third-order valence-corrected chi connectivity index (χ3v) is 11.4. The maximum atomic E-state index is 11.5. The predicted molar refractivity (Wildman–Crippen MR) is 196 cm³/mol. The first-order chi connectivity index (χ1) is 27.5. The SMILES string of the molecule is CCC[C@@H](CCCCCCCCCC(=O)O)O[C@@H]1O[C@H](C)[C@@H](O)[C@H](O)[C@H]1O[C@@H]1O[C@H](CO[C@@H]2O[C@H](C)[C@@H](O)[C@H](O)[C@H]2O)[C@@H](O)[C@H](O)[C@H]1O[C@@H]1O[C@@H](C)[C@H](O)[C@@H](O)[C@H]1O. The van der Waals surface area contributed by atoms with E-state index in [1.165, 1.54) is 13.8 Å². The van der Waals surface area contributed by atoms with E-state index >= 15 is 0 Å². The molecule has 21 atom stereocenters. The van der Waals surface area contributed by atoms with Crippen LogP contribution >= 0.6 is 0 Å². The lowest BCUT2D eigenvalue weighted by molar-refractivity contribution is -0.396. The molecule has 0 aromatic rings. The average molecular weight is 845 g/mol. The summed E-state index contributed by atoms with van der Waals surface area (Å²) in [6.07, 6.45) is -22.5. The van der Waals surface area contributed by atoms with Gasteiger partial charge in [0.05, 0.1) is 31.0 Å². The van der Waals surface area contributed by atoms with E-state index in [0.717, 1.165) is 44.9 Å². The van der Waals surface area contributed by atoms with Crippen molar-refractivity contribution in [3.8, 4) is 0 Å². The maximum absolute atomic E-state index is 11.5. The number of hydrogen-bond acceptors (Lipinski definition) is 19. The van der Waals surface area contributed by atoms with Gasteiger partial charge in [0.1, 0.15) is 79.4 Å². The van der Waals surface area contributed by atoms with Crippen molar-refractivity contribution in [3.05, 3.63) is 0 Å². The smallest absolute Gasteiger partial charge is 0.303 e. The second-order valence-electron chi connectivity index (χ2n) is 16.1. The van der Waals surface area contributed by atoms with Crippen LogP contribution in [-0.4, -0.2) is 198 Å². The standard InChI is InChI=1S/C38H68O20/c1-5-13-20(14-11-9-7-6-8-10-12-15-22(39)40)55-37-33(29(47)25(43)19(4)54-37)58-38-34(57-36-32(50)28(46)24(42)18(3)53-36)30(48)26(44)21(56-38)16-51-35-31(49)27(45)23(41)17(2)52-35/h17-21,23-38,41-50H,5-16H2,1-4H3,(H,39,40)/t17-,18+,19-,20+,21-,23-,24+,25-,26-,27+,28-,29+,30+,31-,32-,33-,34-,35-,36+,37+,38+/m1/s1. The summed E-state index contributed by atoms with van der Waals surface area (Å²) in [6, 6.07) is 0. The van der Waals surface area contributed by atoms with Crippen molar-refractivity contribution < 1.29 is 98.9 Å². The molecule has 0 aromatic carbocycles. The van der Waals surface area contributed by atoms with Gasteiger partial charge in [0.15, 0.2) is 25.2 Å². The van der Waals surface area contributed by atoms with Gasteiger partial charge in [-0.3, -0.25) is 4.79 Å². The van der Waals surface area contributed by atoms with Gasteiger partial charge in [-0.25, -0.2) is 0 Å². The van der Waals surface area contributed by atoms with E-state index in [9.17, 15) is 55.9 Å². The van der Waals surface area contributed by atoms with Gasteiger partial charge in [-0.15, -0.1) is 0 Å². The van der Waals surface area contributed by atoms with Gasteiger partial charge in [0.25, 0.3) is 0 Å². The zero-order chi connectivity index (χ0) is 42.8. The number of carbonyl (C=O) groups is 1. The normalized spacial score (nSPS) is 44.2. The Balaban J connectivity index is 1.51. The predicted octanol–water partition coefficient (Wildman–Crippen LogP) is -1.88. The fourth-order valence-corrected chi connectivity index (χ4v) is 7.65. The Hall–Kier alpha value is -1.25. The first-order valence-electron chi connectivity index (χ1n) is 20.7. The molecular formula is C38H68O20. The van der Waals surface area contributed by atoms with Crippen molar-refractivity contribution in [2.45, 2.75) is 227 Å². The second kappa shape index (κ2) is 23.3. The van der Waals surface area contributed by atoms with Crippen LogP contribution in [0.25, 0.3) is 0 Å². The molecule has 4 saturated heterocycles. The van der Waals surface area contributed by atoms with E-state index in [4.69, 9.17) is 43.0 Å². The molecule has 11 N–H and O–H groups in total. The van der Waals surface area contributed by atoms with Crippen LogP contribution in [0.3, 0.4) is 0 Å². The van der Waals surface area contributed by atoms with Gasteiger partial charge in [-0.05, 0) is 40.0 Å². The van der Waals surface area contributed by atoms with Crippen molar-refractivity contribution >= 4 is 5.97 Å². The summed E-state index contributed by atoms with van der Waals surface area (Å²) in [5, 5.41) is 116. The summed E-state index contributed by atoms with van der Waals surface area (Å²) in [7, 11) is 0. The number of rotatable bonds is 21. The van der Waals surface area contributed by atoms with Gasteiger partial charge in [0.2, 0.25) is 0 Å². The highest BCUT2D eigenvalue weighted by Crippen LogP contribution is 2.35. The molecule has 340 valence electrons. The first-order valence-corrected chi connectivity index (χ1v) is 20.7. The Morgan fingerprint density at radius 2 is 0.983 bits per heavy atom. The number of unbranched alkanes of at least 4 members (excludes halogenated alkanes) is 6. The molecule has 0 unspecified atom stereocenters. The number of aliphatic carboxylic acids is 1. The number of aliphatic hydroxyl groups is 10. The molecule has 0 spiro atoms. The Bertz CT molecular complexity index is 1200. The lowest BCUT2D eigenvalue weighted by atomic mass is 9.96. The number of ether oxygens (including phenoxy) is 8. The minimum atomic E-state index is -1.90. The monoisotopic (exact) mass is 844 g/mol. The molecule has 20 nitrogen and oxygen atoms in total.